The number of aromatic nitrogens is 10. The van der Waals surface area contributed by atoms with Gasteiger partial charge in [-0.1, -0.05) is 34.8 Å². The van der Waals surface area contributed by atoms with Crippen molar-refractivity contribution in [3.05, 3.63) is 66.3 Å². The standard InChI is InChI=1S/C13H12Br2N6O.C12H9Cl3N6O/c1-6-3-17-7(8(14)10(6)22-2)4-21-5-18-9-11(15)19-13(16)20-12(9)21;1-22-9-5(13)2-17-6(7(9)14)3-21-4-18-8-10(15)19-12(16)20-11(8)21/h3,5H,4H2,1-2H3,(H2,16,19,20);2,4H,3H2,1H3,(H2,16,19,20). The number of imidazole rings is 2. The summed E-state index contributed by atoms with van der Waals surface area (Å²) in [6, 6.07) is 0. The van der Waals surface area contributed by atoms with Crippen LogP contribution in [0.15, 0.2) is 34.1 Å². The fraction of sp³-hybridized carbons (Fsp3) is 0.200. The second-order valence-electron chi connectivity index (χ2n) is 8.97. The first-order valence-electron chi connectivity index (χ1n) is 12.3. The first kappa shape index (κ1) is 31.8. The monoisotopic (exact) mass is 784 g/mol. The van der Waals surface area contributed by atoms with Gasteiger partial charge in [0.25, 0.3) is 0 Å². The Morgan fingerprint density at radius 2 is 1.32 bits per heavy atom. The second kappa shape index (κ2) is 13.2. The van der Waals surface area contributed by atoms with Gasteiger partial charge in [-0.3, -0.25) is 9.97 Å². The molecule has 6 aromatic rings. The number of fused-ring (bicyclic) bond motifs is 2. The van der Waals surface area contributed by atoms with Gasteiger partial charge < -0.3 is 30.1 Å². The maximum Gasteiger partial charge on any atom is 0.223 e. The molecule has 0 radical (unpaired) electrons. The molecule has 0 fully saturated rings. The Hall–Kier alpha value is -3.57. The van der Waals surface area contributed by atoms with E-state index in [0.717, 1.165) is 21.5 Å². The maximum atomic E-state index is 6.26. The van der Waals surface area contributed by atoms with E-state index >= 15 is 0 Å². The molecule has 0 aliphatic carbocycles. The molecule has 0 spiro atoms. The van der Waals surface area contributed by atoms with E-state index in [-0.39, 0.29) is 17.0 Å². The SMILES string of the molecule is COc1c(C)cnc(Cn2cnc3c(Br)nc(N)nc32)c1Br.COc1c(Cl)cnc(Cn2cnc3c(Cl)nc(N)nc32)c1Cl. The van der Waals surface area contributed by atoms with Crippen molar-refractivity contribution >= 4 is 101 Å². The van der Waals surface area contributed by atoms with Crippen LogP contribution in [0, 0.1) is 6.92 Å². The average Bonchev–Trinajstić information content (AvgIpc) is 3.57. The van der Waals surface area contributed by atoms with Gasteiger partial charge in [0.05, 0.1) is 55.8 Å². The topological polar surface area (TPSA) is 183 Å². The molecular formula is C25H21Br2Cl3N12O2. The second-order valence-corrected chi connectivity index (χ2v) is 11.7. The number of methoxy groups -OCH3 is 2. The molecule has 4 N–H and O–H groups in total. The van der Waals surface area contributed by atoms with E-state index < -0.39 is 0 Å². The van der Waals surface area contributed by atoms with Crippen molar-refractivity contribution < 1.29 is 9.47 Å². The minimum Gasteiger partial charge on any atom is -0.495 e. The molecule has 0 aromatic carbocycles. The van der Waals surface area contributed by atoms with Crippen LogP contribution in [0.3, 0.4) is 0 Å². The van der Waals surface area contributed by atoms with E-state index in [2.05, 4.69) is 71.7 Å². The number of nitrogen functional groups attached to an aromatic ring is 2. The highest BCUT2D eigenvalue weighted by Gasteiger charge is 2.17. The van der Waals surface area contributed by atoms with Crippen LogP contribution in [0.1, 0.15) is 17.0 Å². The van der Waals surface area contributed by atoms with Crippen molar-refractivity contribution in [2.45, 2.75) is 20.0 Å². The Morgan fingerprint density at radius 3 is 1.98 bits per heavy atom. The fourth-order valence-corrected chi connectivity index (χ4v) is 6.08. The zero-order valence-electron chi connectivity index (χ0n) is 23.1. The zero-order valence-corrected chi connectivity index (χ0v) is 28.5. The smallest absolute Gasteiger partial charge is 0.223 e. The largest absolute Gasteiger partial charge is 0.495 e. The first-order chi connectivity index (χ1) is 21.0. The summed E-state index contributed by atoms with van der Waals surface area (Å²) >= 11 is 25.1. The lowest BCUT2D eigenvalue weighted by Gasteiger charge is -2.11. The van der Waals surface area contributed by atoms with Crippen LogP contribution in [0.25, 0.3) is 22.3 Å². The van der Waals surface area contributed by atoms with Crippen molar-refractivity contribution in [1.82, 2.24) is 49.0 Å². The van der Waals surface area contributed by atoms with Crippen molar-refractivity contribution in [2.75, 3.05) is 25.7 Å². The van der Waals surface area contributed by atoms with Crippen molar-refractivity contribution in [3.8, 4) is 11.5 Å². The van der Waals surface area contributed by atoms with Crippen LogP contribution in [-0.2, 0) is 13.1 Å². The summed E-state index contributed by atoms with van der Waals surface area (Å²) in [5.41, 5.74) is 15.9. The number of halogens is 5. The number of ether oxygens (including phenoxy) is 2. The van der Waals surface area contributed by atoms with E-state index in [0.29, 0.717) is 61.5 Å². The molecule has 6 aromatic heterocycles. The van der Waals surface area contributed by atoms with Gasteiger partial charge in [-0.25, -0.2) is 15.0 Å². The summed E-state index contributed by atoms with van der Waals surface area (Å²) in [6.07, 6.45) is 6.49. The number of anilines is 2. The molecule has 0 atom stereocenters. The summed E-state index contributed by atoms with van der Waals surface area (Å²) in [4.78, 5) is 33.4. The number of hydrogen-bond donors (Lipinski definition) is 2. The normalized spacial score (nSPS) is 11.1. The van der Waals surface area contributed by atoms with E-state index in [9.17, 15) is 0 Å². The molecule has 0 aliphatic rings. The maximum absolute atomic E-state index is 6.26. The fourth-order valence-electron chi connectivity index (χ4n) is 4.14. The van der Waals surface area contributed by atoms with Crippen LogP contribution >= 0.6 is 66.7 Å². The van der Waals surface area contributed by atoms with Gasteiger partial charge in [0, 0.05) is 18.0 Å². The lowest BCUT2D eigenvalue weighted by molar-refractivity contribution is 0.407. The van der Waals surface area contributed by atoms with E-state index in [1.54, 1.807) is 30.5 Å². The van der Waals surface area contributed by atoms with Crippen molar-refractivity contribution in [1.29, 1.82) is 0 Å². The quantitative estimate of drug-likeness (QED) is 0.202. The number of aryl methyl sites for hydroxylation is 1. The summed E-state index contributed by atoms with van der Waals surface area (Å²) in [5.74, 6) is 1.39. The molecule has 6 rings (SSSR count). The Labute approximate surface area is 281 Å². The molecule has 0 saturated carbocycles. The van der Waals surface area contributed by atoms with E-state index in [1.165, 1.54) is 13.3 Å². The molecule has 228 valence electrons. The molecule has 0 bridgehead atoms. The Kier molecular flexibility index (Phi) is 9.55. The third-order valence-electron chi connectivity index (χ3n) is 6.15. The summed E-state index contributed by atoms with van der Waals surface area (Å²) in [7, 11) is 3.12. The predicted octanol–water partition coefficient (Wildman–Crippen LogP) is 5.51. The molecule has 6 heterocycles. The van der Waals surface area contributed by atoms with E-state index in [4.69, 9.17) is 55.7 Å². The Morgan fingerprint density at radius 1 is 0.750 bits per heavy atom. The molecule has 0 saturated heterocycles. The van der Waals surface area contributed by atoms with Gasteiger partial charge in [0.15, 0.2) is 22.2 Å². The number of nitrogens with two attached hydrogens (primary N) is 2. The molecule has 0 unspecified atom stereocenters. The summed E-state index contributed by atoms with van der Waals surface area (Å²) < 4.78 is 15.5. The number of hydrogen-bond acceptors (Lipinski definition) is 12. The highest BCUT2D eigenvalue weighted by atomic mass is 79.9. The molecule has 0 aliphatic heterocycles. The molecule has 14 nitrogen and oxygen atoms in total. The number of nitrogens with zero attached hydrogens (tertiary/aromatic N) is 10. The highest BCUT2D eigenvalue weighted by molar-refractivity contribution is 9.11. The lowest BCUT2D eigenvalue weighted by atomic mass is 10.2. The third kappa shape index (κ3) is 6.30. The highest BCUT2D eigenvalue weighted by Crippen LogP contribution is 2.35. The van der Waals surface area contributed by atoms with Gasteiger partial charge in [-0.15, -0.1) is 0 Å². The molecule has 19 heteroatoms. The number of pyridine rings is 2. The third-order valence-corrected chi connectivity index (χ3v) is 8.45. The molecular weight excluding hydrogens is 767 g/mol. The van der Waals surface area contributed by atoms with Crippen LogP contribution in [0.5, 0.6) is 11.5 Å². The van der Waals surface area contributed by atoms with Crippen LogP contribution in [0.4, 0.5) is 11.9 Å². The minimum atomic E-state index is 0.0620. The van der Waals surface area contributed by atoms with Gasteiger partial charge in [0.2, 0.25) is 11.9 Å². The lowest BCUT2D eigenvalue weighted by Crippen LogP contribution is -2.05. The van der Waals surface area contributed by atoms with Crippen molar-refractivity contribution in [3.63, 3.8) is 0 Å². The van der Waals surface area contributed by atoms with Gasteiger partial charge in [-0.2, -0.15) is 15.0 Å². The van der Waals surface area contributed by atoms with Crippen LogP contribution in [-0.4, -0.2) is 63.2 Å². The molecule has 0 amide bonds. The van der Waals surface area contributed by atoms with Crippen LogP contribution < -0.4 is 20.9 Å². The first-order valence-corrected chi connectivity index (χ1v) is 15.1. The van der Waals surface area contributed by atoms with Crippen LogP contribution in [0.2, 0.25) is 15.2 Å². The Balaban J connectivity index is 0.000000175. The van der Waals surface area contributed by atoms with Gasteiger partial charge in [0.1, 0.15) is 31.4 Å². The predicted molar refractivity (Wildman–Crippen MR) is 174 cm³/mol. The zero-order chi connectivity index (χ0) is 31.7. The number of rotatable bonds is 6. The Bertz CT molecular complexity index is 1880. The molecule has 44 heavy (non-hydrogen) atoms. The average molecular weight is 788 g/mol. The summed E-state index contributed by atoms with van der Waals surface area (Å²) in [6.45, 7) is 2.73. The summed E-state index contributed by atoms with van der Waals surface area (Å²) in [5, 5.41) is 0.848. The van der Waals surface area contributed by atoms with Crippen molar-refractivity contribution in [2.24, 2.45) is 0 Å². The van der Waals surface area contributed by atoms with E-state index in [1.807, 2.05) is 11.5 Å². The van der Waals surface area contributed by atoms with Gasteiger partial charge in [-0.05, 0) is 38.8 Å². The minimum absolute atomic E-state index is 0.0620. The van der Waals surface area contributed by atoms with Gasteiger partial charge >= 0.3 is 0 Å².